The number of carbonyl (C=O) groups excluding carboxylic acids is 5. The summed E-state index contributed by atoms with van der Waals surface area (Å²) in [6.45, 7) is 3.21. The van der Waals surface area contributed by atoms with Gasteiger partial charge in [0.05, 0.1) is 0 Å². The smallest absolute Gasteiger partial charge is 0.407 e. The highest BCUT2D eigenvalue weighted by molar-refractivity contribution is 6.63. The van der Waals surface area contributed by atoms with Gasteiger partial charge in [-0.1, -0.05) is 18.8 Å². The molecule has 1 aromatic rings. The van der Waals surface area contributed by atoms with Crippen LogP contribution in [0.3, 0.4) is 0 Å². The van der Waals surface area contributed by atoms with Crippen molar-refractivity contribution in [2.24, 2.45) is 5.92 Å². The van der Waals surface area contributed by atoms with Gasteiger partial charge in [0.25, 0.3) is 5.78 Å². The molecule has 2 rings (SSSR count). The molecule has 176 valence electrons. The van der Waals surface area contributed by atoms with E-state index < -0.39 is 35.5 Å². The first-order valence-electron chi connectivity index (χ1n) is 10.6. The van der Waals surface area contributed by atoms with Gasteiger partial charge in [-0.25, -0.2) is 9.59 Å². The van der Waals surface area contributed by atoms with Crippen molar-refractivity contribution in [2.45, 2.75) is 52.1 Å². The number of cyclic esters (lactones) is 1. The minimum Gasteiger partial charge on any atom is -0.507 e. The third-order valence-electron chi connectivity index (χ3n) is 5.46. The fraction of sp³-hybridized carbons (Fsp3) is 0.458. The van der Waals surface area contributed by atoms with Crippen LogP contribution in [0.15, 0.2) is 12.1 Å². The van der Waals surface area contributed by atoms with Crippen molar-refractivity contribution in [2.75, 3.05) is 13.7 Å². The summed E-state index contributed by atoms with van der Waals surface area (Å²) in [7, 11) is 1.41. The van der Waals surface area contributed by atoms with E-state index in [1.54, 1.807) is 13.8 Å². The Hall–Kier alpha value is -3.67. The number of Topliss-reactive ketones (excluding diaryl/α,β-unsaturated/α-hetero) is 3. The zero-order chi connectivity index (χ0) is 24.5. The third-order valence-corrected chi connectivity index (χ3v) is 5.46. The zero-order valence-corrected chi connectivity index (χ0v) is 18.9. The molecule has 1 amide bonds. The molecule has 9 nitrogen and oxygen atoms in total. The fourth-order valence-corrected chi connectivity index (χ4v) is 3.29. The van der Waals surface area contributed by atoms with Crippen LogP contribution < -0.4 is 5.32 Å². The maximum absolute atomic E-state index is 12.9. The van der Waals surface area contributed by atoms with Gasteiger partial charge in [-0.05, 0) is 49.8 Å². The summed E-state index contributed by atoms with van der Waals surface area (Å²) in [5, 5.41) is 12.7. The number of aromatic hydroxyl groups is 1. The minimum absolute atomic E-state index is 0.0695. The molecule has 0 saturated carbocycles. The van der Waals surface area contributed by atoms with Gasteiger partial charge < -0.3 is 19.9 Å². The van der Waals surface area contributed by atoms with Crippen LogP contribution in [-0.2, 0) is 30.3 Å². The number of rotatable bonds is 1. The molecule has 0 spiro atoms. The van der Waals surface area contributed by atoms with Crippen molar-refractivity contribution in [3.63, 3.8) is 0 Å². The number of carbonyl (C=O) groups is 5. The number of hydrogen-bond donors (Lipinski definition) is 2. The Kier molecular flexibility index (Phi) is 9.16. The molecule has 0 bridgehead atoms. The largest absolute Gasteiger partial charge is 0.507 e. The number of alkyl carbamates (subject to hydrolysis) is 1. The number of phenols is 1. The van der Waals surface area contributed by atoms with Crippen LogP contribution in [0.2, 0.25) is 0 Å². The molecule has 0 radical (unpaired) electrons. The van der Waals surface area contributed by atoms with Gasteiger partial charge in [0.15, 0.2) is 6.61 Å². The monoisotopic (exact) mass is 457 g/mol. The van der Waals surface area contributed by atoms with E-state index in [2.05, 4.69) is 17.2 Å². The van der Waals surface area contributed by atoms with E-state index in [4.69, 9.17) is 9.47 Å². The Labute approximate surface area is 191 Å². The van der Waals surface area contributed by atoms with Crippen molar-refractivity contribution in [1.29, 1.82) is 0 Å². The minimum atomic E-state index is -1.02. The molecule has 1 aromatic carbocycles. The number of benzene rings is 1. The summed E-state index contributed by atoms with van der Waals surface area (Å²) in [4.78, 5) is 60.4. The number of phenolic OH excluding ortho intramolecular Hbond substituents is 1. The molecular formula is C24H27NO8. The third kappa shape index (κ3) is 6.91. The molecule has 0 aliphatic carbocycles. The lowest BCUT2D eigenvalue weighted by Crippen LogP contribution is -2.27. The zero-order valence-electron chi connectivity index (χ0n) is 18.9. The first-order valence-corrected chi connectivity index (χ1v) is 10.6. The number of hydrogen-bond acceptors (Lipinski definition) is 8. The Morgan fingerprint density at radius 2 is 1.85 bits per heavy atom. The van der Waals surface area contributed by atoms with E-state index in [-0.39, 0.29) is 55.9 Å². The summed E-state index contributed by atoms with van der Waals surface area (Å²) >= 11 is 0. The molecule has 1 heterocycles. The lowest BCUT2D eigenvalue weighted by Gasteiger charge is -2.22. The number of ether oxygens (including phenoxy) is 2. The van der Waals surface area contributed by atoms with Crippen molar-refractivity contribution in [3.8, 4) is 17.6 Å². The van der Waals surface area contributed by atoms with E-state index in [0.717, 1.165) is 0 Å². The highest BCUT2D eigenvalue weighted by Gasteiger charge is 2.28. The molecule has 2 N–H and O–H groups in total. The van der Waals surface area contributed by atoms with Crippen LogP contribution in [0.1, 0.15) is 61.0 Å². The molecular weight excluding hydrogens is 430 g/mol. The molecule has 0 unspecified atom stereocenters. The van der Waals surface area contributed by atoms with Gasteiger partial charge >= 0.3 is 12.1 Å². The number of nitrogens with one attached hydrogen (secondary N) is 1. The summed E-state index contributed by atoms with van der Waals surface area (Å²) in [5.41, 5.74) is 0.652. The highest BCUT2D eigenvalue weighted by atomic mass is 16.5. The fourth-order valence-electron chi connectivity index (χ4n) is 3.29. The van der Waals surface area contributed by atoms with E-state index in [1.165, 1.54) is 19.2 Å². The summed E-state index contributed by atoms with van der Waals surface area (Å²) in [6, 6.07) is 2.81. The van der Waals surface area contributed by atoms with Gasteiger partial charge in [0.2, 0.25) is 11.6 Å². The van der Waals surface area contributed by atoms with Crippen molar-refractivity contribution >= 4 is 29.4 Å². The van der Waals surface area contributed by atoms with Crippen molar-refractivity contribution < 1.29 is 38.6 Å². The molecule has 0 aromatic heterocycles. The van der Waals surface area contributed by atoms with E-state index in [1.807, 2.05) is 0 Å². The van der Waals surface area contributed by atoms with Gasteiger partial charge in [0.1, 0.15) is 17.4 Å². The summed E-state index contributed by atoms with van der Waals surface area (Å²) < 4.78 is 10.4. The summed E-state index contributed by atoms with van der Waals surface area (Å²) in [6.07, 6.45) is -1.01. The molecule has 33 heavy (non-hydrogen) atoms. The molecule has 1 aliphatic heterocycles. The lowest BCUT2D eigenvalue weighted by atomic mass is 9.92. The van der Waals surface area contributed by atoms with E-state index >= 15 is 0 Å². The predicted molar refractivity (Wildman–Crippen MR) is 117 cm³/mol. The maximum atomic E-state index is 12.9. The topological polar surface area (TPSA) is 136 Å². The van der Waals surface area contributed by atoms with Crippen LogP contribution >= 0.6 is 0 Å². The number of amides is 1. The van der Waals surface area contributed by atoms with E-state index in [9.17, 15) is 29.1 Å². The Morgan fingerprint density at radius 3 is 2.55 bits per heavy atom. The highest BCUT2D eigenvalue weighted by Crippen LogP contribution is 2.28. The van der Waals surface area contributed by atoms with Gasteiger partial charge in [-0.3, -0.25) is 14.4 Å². The van der Waals surface area contributed by atoms with Gasteiger partial charge in [-0.2, -0.15) is 0 Å². The molecule has 0 fully saturated rings. The maximum Gasteiger partial charge on any atom is 0.407 e. The quantitative estimate of drug-likeness (QED) is 0.372. The molecule has 1 aliphatic rings. The van der Waals surface area contributed by atoms with Gasteiger partial charge in [-0.15, -0.1) is 0 Å². The Morgan fingerprint density at radius 1 is 1.15 bits per heavy atom. The molecule has 2 atom stereocenters. The van der Waals surface area contributed by atoms with Crippen molar-refractivity contribution in [1.82, 2.24) is 5.32 Å². The second-order valence-corrected chi connectivity index (χ2v) is 7.77. The Balaban J connectivity index is 2.43. The van der Waals surface area contributed by atoms with Crippen LogP contribution in [0.5, 0.6) is 5.75 Å². The average molecular weight is 457 g/mol. The number of ketones is 3. The van der Waals surface area contributed by atoms with Crippen molar-refractivity contribution in [3.05, 3.63) is 28.8 Å². The van der Waals surface area contributed by atoms with E-state index in [0.29, 0.717) is 11.1 Å². The standard InChI is InChI=1S/C24H27NO8/c1-14-9-11-20(28)22(29)19(27)8-4-7-17-16(6-5-13-32-24(31)25-3)10-12-18(26)21(17)23(30)33-15(14)2/h10,12,14-15,26H,4,7-9,11,13H2,1-3H3,(H,25,31)/t14-,15+/m1/s1. The van der Waals surface area contributed by atoms with Crippen LogP contribution in [0, 0.1) is 17.8 Å². The van der Waals surface area contributed by atoms with Crippen LogP contribution in [0.4, 0.5) is 4.79 Å². The second kappa shape index (κ2) is 11.8. The normalized spacial score (nSPS) is 20.0. The second-order valence-electron chi connectivity index (χ2n) is 7.77. The number of esters is 1. The lowest BCUT2D eigenvalue weighted by molar-refractivity contribution is -0.144. The molecule has 0 saturated heterocycles. The average Bonchev–Trinajstić information content (AvgIpc) is 2.79. The van der Waals surface area contributed by atoms with Gasteiger partial charge in [0, 0.05) is 25.5 Å². The predicted octanol–water partition coefficient (Wildman–Crippen LogP) is 2.10. The SMILES string of the molecule is CNC(=O)OCC#Cc1ccc(O)c2c1CCCC(=O)C(=O)C(=O)CC[C@@H](C)[C@H](C)OC2=O. The Bertz CT molecular complexity index is 1020. The first kappa shape index (κ1) is 25.6. The first-order chi connectivity index (χ1) is 15.6. The number of fused-ring (bicyclic) bond motifs is 1. The van der Waals surface area contributed by atoms with Crippen LogP contribution in [0.25, 0.3) is 0 Å². The molecule has 9 heteroatoms. The summed E-state index contributed by atoms with van der Waals surface area (Å²) in [5.74, 6) is 1.59. The van der Waals surface area contributed by atoms with Crippen LogP contribution in [-0.4, -0.2) is 54.3 Å².